The molecular formula is C19H15N2O5S-. The Morgan fingerprint density at radius 1 is 1.19 bits per heavy atom. The molecular weight excluding hydrogens is 368 g/mol. The summed E-state index contributed by atoms with van der Waals surface area (Å²) in [7, 11) is 3.09. The van der Waals surface area contributed by atoms with Gasteiger partial charge in [0.25, 0.3) is 5.91 Å². The van der Waals surface area contributed by atoms with Crippen molar-refractivity contribution < 1.29 is 24.2 Å². The number of carboxylic acid groups (broad SMARTS) is 1. The number of nitrogens with one attached hydrogen (secondary N) is 1. The number of aliphatic imine (C=N–C) groups is 1. The van der Waals surface area contributed by atoms with E-state index in [0.29, 0.717) is 22.0 Å². The number of rotatable bonds is 5. The third kappa shape index (κ3) is 4.12. The molecule has 7 nitrogen and oxygen atoms in total. The van der Waals surface area contributed by atoms with Gasteiger partial charge >= 0.3 is 0 Å². The van der Waals surface area contributed by atoms with Crippen LogP contribution in [0.5, 0.6) is 11.5 Å². The number of carboxylic acids is 1. The van der Waals surface area contributed by atoms with Crippen molar-refractivity contribution >= 4 is 40.6 Å². The Kier molecular flexibility index (Phi) is 5.46. The van der Waals surface area contributed by atoms with Gasteiger partial charge in [-0.1, -0.05) is 18.2 Å². The number of thioether (sulfide) groups is 1. The molecule has 27 heavy (non-hydrogen) atoms. The molecule has 1 saturated heterocycles. The molecule has 3 rings (SSSR count). The van der Waals surface area contributed by atoms with Crippen LogP contribution in [0.2, 0.25) is 0 Å². The molecule has 0 spiro atoms. The highest BCUT2D eigenvalue weighted by molar-refractivity contribution is 8.18. The first kappa shape index (κ1) is 18.5. The molecule has 0 atom stereocenters. The number of methoxy groups -OCH3 is 2. The molecule has 0 aliphatic carbocycles. The van der Waals surface area contributed by atoms with Gasteiger partial charge in [-0.15, -0.1) is 0 Å². The maximum atomic E-state index is 12.3. The molecule has 1 aliphatic heterocycles. The van der Waals surface area contributed by atoms with Crippen molar-refractivity contribution in [2.75, 3.05) is 14.2 Å². The van der Waals surface area contributed by atoms with Crippen LogP contribution in [0.25, 0.3) is 6.08 Å². The normalized spacial score (nSPS) is 16.4. The van der Waals surface area contributed by atoms with Gasteiger partial charge in [-0.2, -0.15) is 0 Å². The number of carbonyl (C=O) groups is 2. The fourth-order valence-corrected chi connectivity index (χ4v) is 3.25. The summed E-state index contributed by atoms with van der Waals surface area (Å²) in [6.07, 6.45) is 1.66. The number of hydrogen-bond donors (Lipinski definition) is 1. The Hall–Kier alpha value is -3.26. The number of aromatic carboxylic acids is 1. The minimum Gasteiger partial charge on any atom is -0.545 e. The van der Waals surface area contributed by atoms with Crippen LogP contribution < -0.4 is 19.9 Å². The van der Waals surface area contributed by atoms with Crippen molar-refractivity contribution in [3.63, 3.8) is 0 Å². The number of para-hydroxylation sites is 1. The van der Waals surface area contributed by atoms with Crippen LogP contribution in [0.3, 0.4) is 0 Å². The zero-order chi connectivity index (χ0) is 19.4. The first-order chi connectivity index (χ1) is 13.0. The molecule has 1 aliphatic rings. The third-order valence-corrected chi connectivity index (χ3v) is 4.63. The maximum Gasteiger partial charge on any atom is 0.264 e. The molecule has 0 unspecified atom stereocenters. The Bertz CT molecular complexity index is 968. The molecule has 0 bridgehead atoms. The molecule has 1 heterocycles. The Labute approximate surface area is 159 Å². The number of amides is 1. The molecule has 1 N–H and O–H groups in total. The molecule has 1 fully saturated rings. The maximum absolute atomic E-state index is 12.3. The van der Waals surface area contributed by atoms with Gasteiger partial charge in [-0.3, -0.25) is 4.79 Å². The number of nitrogens with zero attached hydrogens (tertiary/aromatic N) is 1. The lowest BCUT2D eigenvalue weighted by molar-refractivity contribution is -0.254. The first-order valence-corrected chi connectivity index (χ1v) is 8.65. The second kappa shape index (κ2) is 7.96. The van der Waals surface area contributed by atoms with Gasteiger partial charge in [0.15, 0.2) is 5.17 Å². The largest absolute Gasteiger partial charge is 0.545 e. The second-order valence-corrected chi connectivity index (χ2v) is 6.42. The van der Waals surface area contributed by atoms with Crippen molar-refractivity contribution in [3.8, 4) is 11.5 Å². The summed E-state index contributed by atoms with van der Waals surface area (Å²) in [5.74, 6) is -0.456. The van der Waals surface area contributed by atoms with Crippen molar-refractivity contribution in [3.05, 3.63) is 58.5 Å². The van der Waals surface area contributed by atoms with E-state index >= 15 is 0 Å². The quantitative estimate of drug-likeness (QED) is 0.793. The van der Waals surface area contributed by atoms with Crippen molar-refractivity contribution in [2.24, 2.45) is 4.99 Å². The van der Waals surface area contributed by atoms with Gasteiger partial charge in [-0.05, 0) is 42.1 Å². The summed E-state index contributed by atoms with van der Waals surface area (Å²) >= 11 is 1.10. The van der Waals surface area contributed by atoms with Crippen molar-refractivity contribution in [1.82, 2.24) is 5.32 Å². The number of amidine groups is 1. The standard InChI is InChI=1S/C19H16N2O5S/c1-25-12-7-8-15(26-2)11(9-12)10-16-17(22)21-19(27-16)20-14-6-4-3-5-13(14)18(23)24/h3-10H,1-2H3,(H,23,24)(H,20,21,22)/p-1/b16-10-. The van der Waals surface area contributed by atoms with Crippen LogP contribution in [0.4, 0.5) is 5.69 Å². The average molecular weight is 383 g/mol. The minimum absolute atomic E-state index is 0.0493. The average Bonchev–Trinajstić information content (AvgIpc) is 3.00. The van der Waals surface area contributed by atoms with E-state index < -0.39 is 5.97 Å². The lowest BCUT2D eigenvalue weighted by Crippen LogP contribution is -2.23. The number of carbonyl (C=O) groups excluding carboxylic acids is 2. The predicted octanol–water partition coefficient (Wildman–Crippen LogP) is 1.96. The molecule has 1 amide bonds. The lowest BCUT2D eigenvalue weighted by Gasteiger charge is -2.07. The van der Waals surface area contributed by atoms with E-state index in [9.17, 15) is 14.7 Å². The molecule has 8 heteroatoms. The smallest absolute Gasteiger partial charge is 0.264 e. The van der Waals surface area contributed by atoms with Gasteiger partial charge in [0.05, 0.1) is 30.8 Å². The topological polar surface area (TPSA) is 100 Å². The highest BCUT2D eigenvalue weighted by Crippen LogP contribution is 2.32. The van der Waals surface area contributed by atoms with Gasteiger partial charge in [0.2, 0.25) is 0 Å². The van der Waals surface area contributed by atoms with E-state index in [-0.39, 0.29) is 22.3 Å². The highest BCUT2D eigenvalue weighted by atomic mass is 32.2. The van der Waals surface area contributed by atoms with Gasteiger partial charge in [-0.25, -0.2) is 4.99 Å². The SMILES string of the molecule is COc1ccc(OC)c(/C=C2\SC(=Nc3ccccc3C(=O)[O-])NC2=O)c1. The van der Waals surface area contributed by atoms with Gasteiger partial charge in [0.1, 0.15) is 11.5 Å². The zero-order valence-corrected chi connectivity index (χ0v) is 15.3. The fraction of sp³-hybridized carbons (Fsp3) is 0.105. The van der Waals surface area contributed by atoms with E-state index in [4.69, 9.17) is 9.47 Å². The number of hydrogen-bond acceptors (Lipinski definition) is 7. The molecule has 138 valence electrons. The van der Waals surface area contributed by atoms with E-state index in [1.165, 1.54) is 19.2 Å². The summed E-state index contributed by atoms with van der Waals surface area (Å²) in [5, 5.41) is 14.1. The fourth-order valence-electron chi connectivity index (χ4n) is 2.43. The molecule has 0 radical (unpaired) electrons. The van der Waals surface area contributed by atoms with Crippen LogP contribution in [0.15, 0.2) is 52.4 Å². The lowest BCUT2D eigenvalue weighted by atomic mass is 10.1. The van der Waals surface area contributed by atoms with Crippen LogP contribution in [-0.4, -0.2) is 31.3 Å². The Morgan fingerprint density at radius 2 is 1.96 bits per heavy atom. The van der Waals surface area contributed by atoms with Crippen molar-refractivity contribution in [1.29, 1.82) is 0 Å². The number of benzene rings is 2. The Morgan fingerprint density at radius 3 is 2.67 bits per heavy atom. The first-order valence-electron chi connectivity index (χ1n) is 7.84. The van der Waals surface area contributed by atoms with E-state index in [2.05, 4.69) is 10.3 Å². The summed E-state index contributed by atoms with van der Waals surface area (Å²) in [6.45, 7) is 0. The zero-order valence-electron chi connectivity index (χ0n) is 14.5. The van der Waals surface area contributed by atoms with E-state index in [0.717, 1.165) is 11.8 Å². The highest BCUT2D eigenvalue weighted by Gasteiger charge is 2.24. The summed E-state index contributed by atoms with van der Waals surface area (Å²) in [6, 6.07) is 11.4. The molecule has 0 saturated carbocycles. The molecule has 0 aromatic heterocycles. The van der Waals surface area contributed by atoms with Gasteiger partial charge in [0, 0.05) is 11.1 Å². The van der Waals surface area contributed by atoms with Crippen LogP contribution in [0, 0.1) is 0 Å². The van der Waals surface area contributed by atoms with Crippen LogP contribution in [-0.2, 0) is 4.79 Å². The van der Waals surface area contributed by atoms with Crippen LogP contribution in [0.1, 0.15) is 15.9 Å². The van der Waals surface area contributed by atoms with Gasteiger partial charge < -0.3 is 24.7 Å². The summed E-state index contributed by atoms with van der Waals surface area (Å²) in [4.78, 5) is 28.1. The van der Waals surface area contributed by atoms with Crippen LogP contribution >= 0.6 is 11.8 Å². The Balaban J connectivity index is 1.93. The van der Waals surface area contributed by atoms with E-state index in [1.54, 1.807) is 43.5 Å². The summed E-state index contributed by atoms with van der Waals surface area (Å²) < 4.78 is 10.5. The molecule has 2 aromatic carbocycles. The minimum atomic E-state index is -1.33. The van der Waals surface area contributed by atoms with E-state index in [1.807, 2.05) is 0 Å². The third-order valence-electron chi connectivity index (χ3n) is 3.72. The molecule has 2 aromatic rings. The predicted molar refractivity (Wildman–Crippen MR) is 101 cm³/mol. The summed E-state index contributed by atoms with van der Waals surface area (Å²) in [5.41, 5.74) is 0.832. The monoisotopic (exact) mass is 383 g/mol. The second-order valence-electron chi connectivity index (χ2n) is 5.39. The van der Waals surface area contributed by atoms with Crippen molar-refractivity contribution in [2.45, 2.75) is 0 Å². The number of ether oxygens (including phenoxy) is 2.